The molecule has 0 saturated carbocycles. The Morgan fingerprint density at radius 3 is 1.33 bits per heavy atom. The zero-order valence-corrected chi connectivity index (χ0v) is 21.5. The Balaban J connectivity index is 0.00000259. The van der Waals surface area contributed by atoms with Crippen molar-refractivity contribution in [1.82, 2.24) is 0 Å². The van der Waals surface area contributed by atoms with Crippen molar-refractivity contribution in [2.75, 3.05) is 0 Å². The second-order valence-electron chi connectivity index (χ2n) is 7.70. The average molecular weight is 554 g/mol. The van der Waals surface area contributed by atoms with Crippen molar-refractivity contribution in [2.24, 2.45) is 0 Å². The molecule has 0 atom stereocenters. The van der Waals surface area contributed by atoms with Crippen molar-refractivity contribution < 1.29 is 20.4 Å². The predicted octanol–water partition coefficient (Wildman–Crippen LogP) is 6.63. The molecular weight excluding hydrogens is 529 g/mol. The molecule has 0 amide bonds. The van der Waals surface area contributed by atoms with Gasteiger partial charge in [-0.1, -0.05) is 133 Å². The second-order valence-corrected chi connectivity index (χ2v) is 12.3. The van der Waals surface area contributed by atoms with Crippen LogP contribution in [0.4, 0.5) is 0 Å². The molecule has 33 heavy (non-hydrogen) atoms. The topological polar surface area (TPSA) is 0 Å². The first kappa shape index (κ1) is 23.9. The summed E-state index contributed by atoms with van der Waals surface area (Å²) in [6.07, 6.45) is 8.01. The standard InChI is InChI=1S/C30H25P2.Pd/c1-5-14-25(15-6-1)31(26-16-7-2-8-17-26)29-22-13-23-30(24-29)32(27-18-9-3-10-19-27)28-20-11-4-12-21-28;/h1-23H,24H2;/q-1;. The van der Waals surface area contributed by atoms with Crippen LogP contribution in [0.1, 0.15) is 6.42 Å². The van der Waals surface area contributed by atoms with Crippen LogP contribution in [-0.4, -0.2) is 0 Å². The van der Waals surface area contributed by atoms with Gasteiger partial charge in [-0.25, -0.2) is 12.2 Å². The largest absolute Gasteiger partial charge is 0.220 e. The maximum absolute atomic E-state index is 2.36. The van der Waals surface area contributed by atoms with E-state index in [4.69, 9.17) is 0 Å². The monoisotopic (exact) mass is 553 g/mol. The molecule has 0 bridgehead atoms. The van der Waals surface area contributed by atoms with Crippen molar-refractivity contribution in [1.29, 1.82) is 0 Å². The third kappa shape index (κ3) is 5.64. The van der Waals surface area contributed by atoms with E-state index in [9.17, 15) is 0 Å². The van der Waals surface area contributed by atoms with Crippen LogP contribution in [0.5, 0.6) is 0 Å². The molecule has 0 radical (unpaired) electrons. The van der Waals surface area contributed by atoms with E-state index in [0.29, 0.717) is 0 Å². The number of allylic oxidation sites excluding steroid dienone is 4. The molecule has 3 heteroatoms. The average Bonchev–Trinajstić information content (AvgIpc) is 2.87. The molecule has 0 unspecified atom stereocenters. The van der Waals surface area contributed by atoms with Gasteiger partial charge in [0.15, 0.2) is 0 Å². The maximum atomic E-state index is 2.36. The molecule has 0 aliphatic heterocycles. The van der Waals surface area contributed by atoms with Gasteiger partial charge in [0.25, 0.3) is 0 Å². The first-order valence-electron chi connectivity index (χ1n) is 10.9. The van der Waals surface area contributed by atoms with Gasteiger partial charge in [-0.15, -0.1) is 14.0 Å². The quantitative estimate of drug-likeness (QED) is 0.143. The van der Waals surface area contributed by atoms with Crippen LogP contribution in [0, 0.1) is 5.66 Å². The number of hydrogen-bond acceptors (Lipinski definition) is 0. The van der Waals surface area contributed by atoms with E-state index in [0.717, 1.165) is 6.42 Å². The molecule has 166 valence electrons. The molecule has 0 fully saturated rings. The summed E-state index contributed by atoms with van der Waals surface area (Å²) >= 11 is 0. The van der Waals surface area contributed by atoms with Gasteiger partial charge in [-0.3, -0.25) is 0 Å². The molecule has 1 aliphatic rings. The van der Waals surface area contributed by atoms with Gasteiger partial charge >= 0.3 is 0 Å². The molecular formula is C30H25P2Pd-. The summed E-state index contributed by atoms with van der Waals surface area (Å²) in [5.41, 5.74) is 1.52. The van der Waals surface area contributed by atoms with Crippen LogP contribution in [0.3, 0.4) is 0 Å². The van der Waals surface area contributed by atoms with Gasteiger partial charge in [0.1, 0.15) is 0 Å². The molecule has 0 nitrogen and oxygen atoms in total. The molecule has 4 aromatic rings. The zero-order valence-electron chi connectivity index (χ0n) is 18.2. The van der Waals surface area contributed by atoms with Crippen LogP contribution in [-0.2, 0) is 20.4 Å². The van der Waals surface area contributed by atoms with Crippen molar-refractivity contribution in [3.63, 3.8) is 0 Å². The maximum Gasteiger partial charge on any atom is 0 e. The number of rotatable bonds is 6. The summed E-state index contributed by atoms with van der Waals surface area (Å²) in [4.78, 5) is 0. The Morgan fingerprint density at radius 2 is 0.909 bits per heavy atom. The summed E-state index contributed by atoms with van der Waals surface area (Å²) in [5.74, 6) is 0. The number of benzene rings is 4. The molecule has 1 aliphatic carbocycles. The van der Waals surface area contributed by atoms with E-state index in [1.165, 1.54) is 32.2 Å². The minimum Gasteiger partial charge on any atom is -0.220 e. The molecule has 0 aromatic heterocycles. The van der Waals surface area contributed by atoms with Gasteiger partial charge in [-0.05, 0) is 29.1 Å². The van der Waals surface area contributed by atoms with E-state index in [1.54, 1.807) is 0 Å². The Labute approximate surface area is 213 Å². The van der Waals surface area contributed by atoms with Crippen molar-refractivity contribution in [3.05, 3.63) is 151 Å². The fourth-order valence-electron chi connectivity index (χ4n) is 4.15. The van der Waals surface area contributed by atoms with Crippen molar-refractivity contribution in [2.45, 2.75) is 6.42 Å². The van der Waals surface area contributed by atoms with Gasteiger partial charge in [0.2, 0.25) is 0 Å². The summed E-state index contributed by atoms with van der Waals surface area (Å²) in [5, 5.41) is 7.18. The van der Waals surface area contributed by atoms with Crippen LogP contribution < -0.4 is 21.2 Å². The first-order valence-corrected chi connectivity index (χ1v) is 13.6. The molecule has 4 aromatic carbocycles. The minimum absolute atomic E-state index is 0. The molecule has 0 N–H and O–H groups in total. The SMILES string of the molecule is C1=C[C-](P(c2ccccc2)c2ccccc2)CC(P(c2ccccc2)c2ccccc2)=C1.[Pd]. The molecule has 0 spiro atoms. The van der Waals surface area contributed by atoms with Crippen molar-refractivity contribution >= 4 is 37.1 Å². The summed E-state index contributed by atoms with van der Waals surface area (Å²) < 4.78 is 0. The predicted molar refractivity (Wildman–Crippen MR) is 143 cm³/mol. The van der Waals surface area contributed by atoms with Crippen molar-refractivity contribution in [3.8, 4) is 0 Å². The van der Waals surface area contributed by atoms with Crippen LogP contribution in [0.15, 0.2) is 145 Å². The van der Waals surface area contributed by atoms with E-state index in [-0.39, 0.29) is 20.4 Å². The Bertz CT molecular complexity index is 1110. The normalized spacial score (nSPS) is 13.0. The number of hydrogen-bond donors (Lipinski definition) is 0. The Hall–Kier alpha value is -2.25. The zero-order chi connectivity index (χ0) is 21.6. The van der Waals surface area contributed by atoms with Crippen LogP contribution in [0.2, 0.25) is 0 Å². The van der Waals surface area contributed by atoms with Gasteiger partial charge in [0, 0.05) is 20.4 Å². The summed E-state index contributed by atoms with van der Waals surface area (Å²) in [6, 6.07) is 44.1. The fraction of sp³-hybridized carbons (Fsp3) is 0.0333. The van der Waals surface area contributed by atoms with Gasteiger partial charge in [0.05, 0.1) is 0 Å². The van der Waals surface area contributed by atoms with Gasteiger partial charge < -0.3 is 0 Å². The molecule has 5 rings (SSSR count). The molecule has 0 heterocycles. The first-order chi connectivity index (χ1) is 15.9. The Morgan fingerprint density at radius 1 is 0.515 bits per heavy atom. The summed E-state index contributed by atoms with van der Waals surface area (Å²) in [7, 11) is -1.12. The summed E-state index contributed by atoms with van der Waals surface area (Å²) in [6.45, 7) is 0. The minimum atomic E-state index is -0.559. The van der Waals surface area contributed by atoms with E-state index in [1.807, 2.05) is 0 Å². The third-order valence-corrected chi connectivity index (χ3v) is 10.6. The van der Waals surface area contributed by atoms with E-state index < -0.39 is 15.8 Å². The van der Waals surface area contributed by atoms with Gasteiger partial charge in [-0.2, -0.15) is 5.66 Å². The van der Waals surface area contributed by atoms with Crippen LogP contribution in [0.25, 0.3) is 0 Å². The fourth-order valence-corrected chi connectivity index (χ4v) is 9.21. The van der Waals surface area contributed by atoms with Crippen LogP contribution >= 0.6 is 15.8 Å². The third-order valence-electron chi connectivity index (χ3n) is 5.57. The van der Waals surface area contributed by atoms with E-state index in [2.05, 4.69) is 140 Å². The second kappa shape index (κ2) is 11.8. The smallest absolute Gasteiger partial charge is 0 e. The molecule has 0 saturated heterocycles. The Kier molecular flexibility index (Phi) is 8.51. The van der Waals surface area contributed by atoms with E-state index >= 15 is 0 Å².